The van der Waals surface area contributed by atoms with Crippen molar-refractivity contribution in [1.82, 2.24) is 14.5 Å². The summed E-state index contributed by atoms with van der Waals surface area (Å²) in [7, 11) is 0. The van der Waals surface area contributed by atoms with Crippen molar-refractivity contribution in [1.29, 1.82) is 0 Å². The first-order valence-corrected chi connectivity index (χ1v) is 5.93. The zero-order chi connectivity index (χ0) is 12.3. The van der Waals surface area contributed by atoms with Crippen LogP contribution in [0.15, 0.2) is 24.9 Å². The molecular formula is C11H12ClN3OS. The summed E-state index contributed by atoms with van der Waals surface area (Å²) in [5.74, 6) is 0. The van der Waals surface area contributed by atoms with Gasteiger partial charge in [-0.05, 0) is 18.3 Å². The third kappa shape index (κ3) is 2.74. The van der Waals surface area contributed by atoms with Gasteiger partial charge in [-0.2, -0.15) is 0 Å². The Balaban J connectivity index is 2.24. The second-order valence-electron chi connectivity index (χ2n) is 3.47. The Morgan fingerprint density at radius 2 is 2.47 bits per heavy atom. The minimum Gasteiger partial charge on any atom is -0.376 e. The monoisotopic (exact) mass is 269 g/mol. The van der Waals surface area contributed by atoms with Gasteiger partial charge in [0.25, 0.3) is 0 Å². The average molecular weight is 270 g/mol. The molecule has 17 heavy (non-hydrogen) atoms. The van der Waals surface area contributed by atoms with E-state index in [2.05, 4.69) is 16.5 Å². The molecule has 0 aliphatic heterocycles. The fraction of sp³-hybridized carbons (Fsp3) is 0.273. The summed E-state index contributed by atoms with van der Waals surface area (Å²) >= 11 is 11.1. The first-order chi connectivity index (χ1) is 8.22. The minimum atomic E-state index is 0.537. The summed E-state index contributed by atoms with van der Waals surface area (Å²) in [6, 6.07) is 1.81. The Morgan fingerprint density at radius 1 is 1.65 bits per heavy atom. The number of rotatable bonds is 5. The van der Waals surface area contributed by atoms with Gasteiger partial charge >= 0.3 is 0 Å². The highest BCUT2D eigenvalue weighted by molar-refractivity contribution is 7.71. The van der Waals surface area contributed by atoms with Crippen LogP contribution in [0.25, 0.3) is 11.2 Å². The Labute approximate surface area is 109 Å². The lowest BCUT2D eigenvalue weighted by Gasteiger charge is -2.03. The van der Waals surface area contributed by atoms with Crippen molar-refractivity contribution in [2.75, 3.05) is 13.2 Å². The molecule has 2 aromatic heterocycles. The Bertz CT molecular complexity index is 590. The highest BCUT2D eigenvalue weighted by atomic mass is 35.5. The quantitative estimate of drug-likeness (QED) is 0.516. The lowest BCUT2D eigenvalue weighted by atomic mass is 10.4. The van der Waals surface area contributed by atoms with E-state index in [9.17, 15) is 0 Å². The molecule has 2 aromatic rings. The van der Waals surface area contributed by atoms with Crippen molar-refractivity contribution < 1.29 is 4.74 Å². The molecule has 4 nitrogen and oxygen atoms in total. The minimum absolute atomic E-state index is 0.537. The van der Waals surface area contributed by atoms with Gasteiger partial charge in [0.05, 0.1) is 30.3 Å². The molecule has 6 heteroatoms. The van der Waals surface area contributed by atoms with Gasteiger partial charge in [-0.3, -0.25) is 4.57 Å². The van der Waals surface area contributed by atoms with Crippen LogP contribution in [0, 0.1) is 4.77 Å². The van der Waals surface area contributed by atoms with E-state index in [1.54, 1.807) is 18.3 Å². The van der Waals surface area contributed by atoms with Gasteiger partial charge in [-0.25, -0.2) is 4.98 Å². The molecule has 0 fully saturated rings. The van der Waals surface area contributed by atoms with E-state index in [-0.39, 0.29) is 0 Å². The van der Waals surface area contributed by atoms with Crippen molar-refractivity contribution in [3.63, 3.8) is 0 Å². The zero-order valence-corrected chi connectivity index (χ0v) is 10.7. The third-order valence-corrected chi connectivity index (χ3v) is 2.80. The molecule has 0 radical (unpaired) electrons. The number of imidazole rings is 1. The van der Waals surface area contributed by atoms with Crippen LogP contribution in [0.4, 0.5) is 0 Å². The molecule has 0 spiro atoms. The Morgan fingerprint density at radius 3 is 3.24 bits per heavy atom. The standard InChI is InChI=1S/C11H12ClN3OS/c1-2-4-16-5-3-15-10-9(14-11(15)17)6-8(12)7-13-10/h2,6-7H,1,3-5H2,(H,14,17). The summed E-state index contributed by atoms with van der Waals surface area (Å²) < 4.78 is 7.85. The fourth-order valence-electron chi connectivity index (χ4n) is 1.55. The van der Waals surface area contributed by atoms with Crippen LogP contribution in [0.5, 0.6) is 0 Å². The summed E-state index contributed by atoms with van der Waals surface area (Å²) in [5.41, 5.74) is 1.63. The van der Waals surface area contributed by atoms with Crippen LogP contribution >= 0.6 is 23.8 Å². The second kappa shape index (κ2) is 5.44. The van der Waals surface area contributed by atoms with Crippen LogP contribution in [-0.4, -0.2) is 27.7 Å². The molecular weight excluding hydrogens is 258 g/mol. The molecule has 90 valence electrons. The van der Waals surface area contributed by atoms with E-state index < -0.39 is 0 Å². The van der Waals surface area contributed by atoms with Crippen LogP contribution in [0.2, 0.25) is 5.02 Å². The highest BCUT2D eigenvalue weighted by Crippen LogP contribution is 2.16. The van der Waals surface area contributed by atoms with E-state index in [4.69, 9.17) is 28.6 Å². The largest absolute Gasteiger partial charge is 0.376 e. The predicted octanol–water partition coefficient (Wildman–Crippen LogP) is 2.95. The average Bonchev–Trinajstić information content (AvgIpc) is 2.60. The maximum absolute atomic E-state index is 5.86. The summed E-state index contributed by atoms with van der Waals surface area (Å²) in [4.78, 5) is 7.32. The first kappa shape index (κ1) is 12.3. The van der Waals surface area contributed by atoms with E-state index in [0.29, 0.717) is 29.6 Å². The molecule has 1 N–H and O–H groups in total. The molecule has 0 aliphatic rings. The van der Waals surface area contributed by atoms with E-state index in [0.717, 1.165) is 11.2 Å². The smallest absolute Gasteiger partial charge is 0.179 e. The number of halogens is 1. The van der Waals surface area contributed by atoms with Crippen LogP contribution < -0.4 is 0 Å². The molecule has 0 saturated heterocycles. The molecule has 0 unspecified atom stereocenters. The fourth-order valence-corrected chi connectivity index (χ4v) is 1.99. The SMILES string of the molecule is C=CCOCCn1c(=S)[nH]c2cc(Cl)cnc21. The number of ether oxygens (including phenoxy) is 1. The second-order valence-corrected chi connectivity index (χ2v) is 4.29. The number of fused-ring (bicyclic) bond motifs is 1. The highest BCUT2D eigenvalue weighted by Gasteiger charge is 2.05. The predicted molar refractivity (Wildman–Crippen MR) is 70.9 cm³/mol. The van der Waals surface area contributed by atoms with Gasteiger partial charge in [0.1, 0.15) is 0 Å². The zero-order valence-electron chi connectivity index (χ0n) is 9.15. The van der Waals surface area contributed by atoms with Gasteiger partial charge in [-0.1, -0.05) is 17.7 Å². The summed E-state index contributed by atoms with van der Waals surface area (Å²) in [6.45, 7) is 5.34. The van der Waals surface area contributed by atoms with E-state index in [1.807, 2.05) is 4.57 Å². The number of pyridine rings is 1. The maximum Gasteiger partial charge on any atom is 0.179 e. The van der Waals surface area contributed by atoms with Crippen LogP contribution in [-0.2, 0) is 11.3 Å². The molecule has 0 aromatic carbocycles. The number of H-pyrrole nitrogens is 1. The van der Waals surface area contributed by atoms with Crippen molar-refractivity contribution in [3.8, 4) is 0 Å². The molecule has 0 aliphatic carbocycles. The number of hydrogen-bond donors (Lipinski definition) is 1. The molecule has 0 bridgehead atoms. The molecule has 0 saturated carbocycles. The maximum atomic E-state index is 5.86. The van der Waals surface area contributed by atoms with Gasteiger partial charge in [-0.15, -0.1) is 6.58 Å². The molecule has 2 rings (SSSR count). The summed E-state index contributed by atoms with van der Waals surface area (Å²) in [6.07, 6.45) is 3.32. The van der Waals surface area contributed by atoms with Crippen molar-refractivity contribution in [2.45, 2.75) is 6.54 Å². The van der Waals surface area contributed by atoms with Gasteiger partial charge in [0.2, 0.25) is 0 Å². The van der Waals surface area contributed by atoms with Crippen LogP contribution in [0.3, 0.4) is 0 Å². The number of aromatic nitrogens is 3. The topological polar surface area (TPSA) is 42.8 Å². The number of hydrogen-bond acceptors (Lipinski definition) is 3. The van der Waals surface area contributed by atoms with Crippen molar-refractivity contribution in [3.05, 3.63) is 34.7 Å². The van der Waals surface area contributed by atoms with Gasteiger partial charge < -0.3 is 9.72 Å². The van der Waals surface area contributed by atoms with E-state index in [1.165, 1.54) is 0 Å². The normalized spacial score (nSPS) is 10.9. The molecule has 2 heterocycles. The van der Waals surface area contributed by atoms with Crippen molar-refractivity contribution in [2.24, 2.45) is 0 Å². The van der Waals surface area contributed by atoms with Crippen molar-refractivity contribution >= 4 is 35.0 Å². The molecule has 0 atom stereocenters. The third-order valence-electron chi connectivity index (χ3n) is 2.27. The van der Waals surface area contributed by atoms with Gasteiger partial charge in [0, 0.05) is 6.20 Å². The first-order valence-electron chi connectivity index (χ1n) is 5.15. The van der Waals surface area contributed by atoms with Gasteiger partial charge in [0.15, 0.2) is 10.4 Å². The number of nitrogens with zero attached hydrogens (tertiary/aromatic N) is 2. The number of aromatic amines is 1. The summed E-state index contributed by atoms with van der Waals surface area (Å²) in [5, 5.41) is 0.587. The number of nitrogens with one attached hydrogen (secondary N) is 1. The lowest BCUT2D eigenvalue weighted by molar-refractivity contribution is 0.153. The van der Waals surface area contributed by atoms with E-state index >= 15 is 0 Å². The Hall–Kier alpha value is -1.17. The van der Waals surface area contributed by atoms with Crippen LogP contribution in [0.1, 0.15) is 0 Å². The Kier molecular flexibility index (Phi) is 3.93. The molecule has 0 amide bonds. The lowest BCUT2D eigenvalue weighted by Crippen LogP contribution is -2.06.